The number of fused-ring (bicyclic) bond motifs is 1. The summed E-state index contributed by atoms with van der Waals surface area (Å²) in [6, 6.07) is 5.74. The molecule has 0 radical (unpaired) electrons. The number of rotatable bonds is 2. The van der Waals surface area contributed by atoms with Crippen molar-refractivity contribution >= 4 is 29.0 Å². The molecule has 2 aliphatic heterocycles. The van der Waals surface area contributed by atoms with Crippen LogP contribution in [0.5, 0.6) is 5.75 Å². The highest BCUT2D eigenvalue weighted by molar-refractivity contribution is 6.34. The third kappa shape index (κ3) is 3.55. The zero-order valence-corrected chi connectivity index (χ0v) is 16.7. The van der Waals surface area contributed by atoms with E-state index >= 15 is 4.39 Å². The van der Waals surface area contributed by atoms with Crippen molar-refractivity contribution < 1.29 is 18.3 Å². The zero-order valence-electron chi connectivity index (χ0n) is 15.9. The quantitative estimate of drug-likeness (QED) is 0.781. The second-order valence-corrected chi connectivity index (χ2v) is 7.43. The summed E-state index contributed by atoms with van der Waals surface area (Å²) in [5, 5.41) is 2.60. The lowest BCUT2D eigenvalue weighted by molar-refractivity contribution is -0.114. The van der Waals surface area contributed by atoms with Gasteiger partial charge in [-0.15, -0.1) is 0 Å². The summed E-state index contributed by atoms with van der Waals surface area (Å²) in [4.78, 5) is 18.7. The molecule has 2 aromatic carbocycles. The van der Waals surface area contributed by atoms with Crippen LogP contribution in [0.4, 0.5) is 14.5 Å². The largest absolute Gasteiger partial charge is 0.496 e. The van der Waals surface area contributed by atoms with Crippen LogP contribution in [-0.4, -0.2) is 43.4 Å². The highest BCUT2D eigenvalue weighted by Crippen LogP contribution is 2.43. The fraction of sp³-hybridized carbons (Fsp3) is 0.333. The number of amidine groups is 1. The molecule has 29 heavy (non-hydrogen) atoms. The second kappa shape index (κ2) is 7.99. The number of amides is 1. The van der Waals surface area contributed by atoms with Crippen molar-refractivity contribution in [3.05, 3.63) is 46.5 Å². The number of aliphatic imine (C=N–C) groups is 1. The van der Waals surface area contributed by atoms with Gasteiger partial charge in [-0.25, -0.2) is 8.78 Å². The van der Waals surface area contributed by atoms with Crippen molar-refractivity contribution in [2.45, 2.75) is 19.3 Å². The van der Waals surface area contributed by atoms with Crippen molar-refractivity contribution in [3.8, 4) is 16.9 Å². The van der Waals surface area contributed by atoms with E-state index in [2.05, 4.69) is 10.3 Å². The molecule has 1 saturated heterocycles. The number of anilines is 1. The average molecular weight is 420 g/mol. The first-order chi connectivity index (χ1) is 14.0. The predicted molar refractivity (Wildman–Crippen MR) is 109 cm³/mol. The molecule has 2 heterocycles. The summed E-state index contributed by atoms with van der Waals surface area (Å²) >= 11 is 6.45. The normalized spacial score (nSPS) is 16.6. The van der Waals surface area contributed by atoms with Crippen molar-refractivity contribution in [2.24, 2.45) is 4.99 Å². The Balaban J connectivity index is 1.92. The van der Waals surface area contributed by atoms with Crippen molar-refractivity contribution in [1.82, 2.24) is 4.90 Å². The van der Waals surface area contributed by atoms with Gasteiger partial charge in [0.15, 0.2) is 5.82 Å². The summed E-state index contributed by atoms with van der Waals surface area (Å²) in [6.45, 7) is 1.43. The molecular formula is C21H20ClF2N3O2. The maximum Gasteiger partial charge on any atom is 0.246 e. The number of likely N-dealkylation sites (tertiary alicyclic amines) is 1. The molecule has 0 aliphatic carbocycles. The van der Waals surface area contributed by atoms with Gasteiger partial charge in [-0.1, -0.05) is 17.7 Å². The van der Waals surface area contributed by atoms with Crippen LogP contribution in [0, 0.1) is 11.6 Å². The molecule has 1 N–H and O–H groups in total. The Morgan fingerprint density at radius 2 is 1.93 bits per heavy atom. The van der Waals surface area contributed by atoms with Gasteiger partial charge in [0.2, 0.25) is 5.91 Å². The minimum atomic E-state index is -0.809. The van der Waals surface area contributed by atoms with Crippen molar-refractivity contribution in [1.29, 1.82) is 0 Å². The Hall–Kier alpha value is -2.67. The topological polar surface area (TPSA) is 53.9 Å². The average Bonchev–Trinajstić information content (AvgIpc) is 2.88. The Kier molecular flexibility index (Phi) is 5.41. The first-order valence-electron chi connectivity index (χ1n) is 9.45. The molecule has 1 fully saturated rings. The number of benzodiazepines with no additional fused rings is 1. The van der Waals surface area contributed by atoms with Gasteiger partial charge in [0.25, 0.3) is 0 Å². The maximum atomic E-state index is 15.7. The number of nitrogens with one attached hydrogen (secondary N) is 1. The third-order valence-electron chi connectivity index (χ3n) is 5.20. The van der Waals surface area contributed by atoms with Crippen LogP contribution >= 0.6 is 11.6 Å². The molecule has 0 spiro atoms. The summed E-state index contributed by atoms with van der Waals surface area (Å²) in [6.07, 6.45) is 3.11. The number of hydrogen-bond donors (Lipinski definition) is 1. The fourth-order valence-electron chi connectivity index (χ4n) is 3.85. The first kappa shape index (κ1) is 19.6. The lowest BCUT2D eigenvalue weighted by Gasteiger charge is -2.30. The Morgan fingerprint density at radius 3 is 2.66 bits per heavy atom. The van der Waals surface area contributed by atoms with Crippen LogP contribution in [-0.2, 0) is 4.79 Å². The van der Waals surface area contributed by atoms with Crippen LogP contribution in [0.15, 0.2) is 29.3 Å². The molecule has 0 atom stereocenters. The molecule has 5 nitrogen and oxygen atoms in total. The summed E-state index contributed by atoms with van der Waals surface area (Å²) in [7, 11) is 1.37. The molecule has 8 heteroatoms. The Labute approximate surface area is 172 Å². The number of methoxy groups -OCH3 is 1. The first-order valence-corrected chi connectivity index (χ1v) is 9.83. The molecule has 1 amide bonds. The van der Waals surface area contributed by atoms with E-state index in [9.17, 15) is 9.18 Å². The molecule has 0 unspecified atom stereocenters. The third-order valence-corrected chi connectivity index (χ3v) is 5.49. The number of halogens is 3. The van der Waals surface area contributed by atoms with Gasteiger partial charge in [0, 0.05) is 24.2 Å². The SMILES string of the molecule is COc1cccc(F)c1-c1c(Cl)cc2c(c1F)NC(=O)CN=C2N1CCCCC1. The van der Waals surface area contributed by atoms with E-state index in [0.717, 1.165) is 32.4 Å². The predicted octanol–water partition coefficient (Wildman–Crippen LogP) is 4.48. The minimum absolute atomic E-state index is 0.0190. The van der Waals surface area contributed by atoms with Crippen LogP contribution in [0.25, 0.3) is 11.1 Å². The molecule has 0 aromatic heterocycles. The minimum Gasteiger partial charge on any atom is -0.496 e. The number of carbonyl (C=O) groups is 1. The second-order valence-electron chi connectivity index (χ2n) is 7.02. The zero-order chi connectivity index (χ0) is 20.5. The van der Waals surface area contributed by atoms with Gasteiger partial charge in [-0.3, -0.25) is 9.79 Å². The van der Waals surface area contributed by atoms with E-state index < -0.39 is 17.5 Å². The van der Waals surface area contributed by atoms with Gasteiger partial charge in [0.1, 0.15) is 23.9 Å². The maximum absolute atomic E-state index is 15.7. The van der Waals surface area contributed by atoms with Gasteiger partial charge >= 0.3 is 0 Å². The number of nitrogens with zero attached hydrogens (tertiary/aromatic N) is 2. The molecule has 4 rings (SSSR count). The van der Waals surface area contributed by atoms with E-state index in [1.54, 1.807) is 6.07 Å². The highest BCUT2D eigenvalue weighted by atomic mass is 35.5. The van der Waals surface area contributed by atoms with Crippen LogP contribution in [0.3, 0.4) is 0 Å². The van der Waals surface area contributed by atoms with E-state index in [-0.39, 0.29) is 34.1 Å². The molecule has 152 valence electrons. The Morgan fingerprint density at radius 1 is 1.17 bits per heavy atom. The van der Waals surface area contributed by atoms with Crippen molar-refractivity contribution in [2.75, 3.05) is 32.1 Å². The molecule has 2 aromatic rings. The number of carbonyl (C=O) groups excluding carboxylic acids is 1. The molecule has 2 aliphatic rings. The van der Waals surface area contributed by atoms with Gasteiger partial charge in [-0.05, 0) is 37.5 Å². The van der Waals surface area contributed by atoms with E-state index in [1.165, 1.54) is 25.3 Å². The van der Waals surface area contributed by atoms with Crippen LogP contribution < -0.4 is 10.1 Å². The van der Waals surface area contributed by atoms with Crippen molar-refractivity contribution in [3.63, 3.8) is 0 Å². The van der Waals surface area contributed by atoms with Gasteiger partial charge < -0.3 is 15.0 Å². The number of piperidine rings is 1. The molecular weight excluding hydrogens is 400 g/mol. The van der Waals surface area contributed by atoms with Gasteiger partial charge in [0.05, 0.1) is 23.4 Å². The Bertz CT molecular complexity index is 1000. The summed E-state index contributed by atoms with van der Waals surface area (Å²) < 4.78 is 35.5. The summed E-state index contributed by atoms with van der Waals surface area (Å²) in [5.74, 6) is -1.24. The monoisotopic (exact) mass is 419 g/mol. The van der Waals surface area contributed by atoms with E-state index in [4.69, 9.17) is 16.3 Å². The van der Waals surface area contributed by atoms with Gasteiger partial charge in [-0.2, -0.15) is 0 Å². The van der Waals surface area contributed by atoms with Crippen LogP contribution in [0.1, 0.15) is 24.8 Å². The number of hydrogen-bond acceptors (Lipinski definition) is 4. The number of benzene rings is 2. The van der Waals surface area contributed by atoms with Crippen LogP contribution in [0.2, 0.25) is 5.02 Å². The smallest absolute Gasteiger partial charge is 0.246 e. The number of ether oxygens (including phenoxy) is 1. The molecule has 0 bridgehead atoms. The fourth-order valence-corrected chi connectivity index (χ4v) is 4.14. The standard InChI is InChI=1S/C21H20ClF2N3O2/c1-29-15-7-5-6-14(23)18(15)17-13(22)10-12-20(19(17)24)26-16(28)11-25-21(12)27-8-3-2-4-9-27/h5-7,10H,2-4,8-9,11H2,1H3,(H,26,28). The highest BCUT2D eigenvalue weighted by Gasteiger charge is 2.30. The van der Waals surface area contributed by atoms with E-state index in [1.807, 2.05) is 4.90 Å². The molecule has 0 saturated carbocycles. The van der Waals surface area contributed by atoms with E-state index in [0.29, 0.717) is 11.4 Å². The lowest BCUT2D eigenvalue weighted by atomic mass is 9.98. The summed E-state index contributed by atoms with van der Waals surface area (Å²) in [5.41, 5.74) is 0.122. The lowest BCUT2D eigenvalue weighted by Crippen LogP contribution is -2.36.